The maximum absolute atomic E-state index is 12.8. The van der Waals surface area contributed by atoms with Crippen LogP contribution in [0.25, 0.3) is 11.3 Å². The molecule has 5 N–H and O–H groups in total. The number of anilines is 1. The van der Waals surface area contributed by atoms with Crippen molar-refractivity contribution in [2.24, 2.45) is 12.5 Å². The highest BCUT2D eigenvalue weighted by Crippen LogP contribution is 2.35. The summed E-state index contributed by atoms with van der Waals surface area (Å²) >= 11 is 0.896. The zero-order chi connectivity index (χ0) is 32.9. The van der Waals surface area contributed by atoms with E-state index < -0.39 is 0 Å². The van der Waals surface area contributed by atoms with E-state index in [0.717, 1.165) is 65.0 Å². The van der Waals surface area contributed by atoms with Crippen LogP contribution < -0.4 is 20.9 Å². The SMILES string of the molecule is CCc1cc(-c2ccnn2C)c(O)cc1OCCCCC(C)(C)CNC(=O)c1ccc(NNCc2ccccc2SOOO)nc1. The molecule has 46 heavy (non-hydrogen) atoms. The van der Waals surface area contributed by atoms with Crippen molar-refractivity contribution in [2.45, 2.75) is 57.9 Å². The van der Waals surface area contributed by atoms with Crippen LogP contribution in [0, 0.1) is 5.41 Å². The third kappa shape index (κ3) is 9.93. The minimum Gasteiger partial charge on any atom is -0.507 e. The Morgan fingerprint density at radius 3 is 2.63 bits per heavy atom. The number of aryl methyl sites for hydroxylation is 2. The fraction of sp³-hybridized carbons (Fsp3) is 0.364. The van der Waals surface area contributed by atoms with E-state index in [1.165, 1.54) is 6.20 Å². The average molecular weight is 651 g/mol. The molecule has 2 heterocycles. The lowest BCUT2D eigenvalue weighted by molar-refractivity contribution is -0.432. The van der Waals surface area contributed by atoms with Crippen LogP contribution in [0.2, 0.25) is 0 Å². The van der Waals surface area contributed by atoms with Crippen LogP contribution in [-0.2, 0) is 29.4 Å². The summed E-state index contributed by atoms with van der Waals surface area (Å²) in [6.07, 6.45) is 6.73. The number of aromatic nitrogens is 3. The molecule has 4 aromatic rings. The maximum atomic E-state index is 12.8. The Hall–Kier alpha value is -4.14. The van der Waals surface area contributed by atoms with Gasteiger partial charge in [0.1, 0.15) is 17.3 Å². The van der Waals surface area contributed by atoms with E-state index in [9.17, 15) is 9.90 Å². The highest BCUT2D eigenvalue weighted by atomic mass is 32.2. The molecule has 2 aromatic heterocycles. The molecule has 13 heteroatoms. The van der Waals surface area contributed by atoms with Gasteiger partial charge in [0.2, 0.25) is 0 Å². The lowest BCUT2D eigenvalue weighted by Crippen LogP contribution is -2.34. The molecule has 1 amide bonds. The summed E-state index contributed by atoms with van der Waals surface area (Å²) in [5, 5.41) is 29.9. The normalized spacial score (nSPS) is 11.4. The van der Waals surface area contributed by atoms with Crippen molar-refractivity contribution in [1.82, 2.24) is 25.5 Å². The summed E-state index contributed by atoms with van der Waals surface area (Å²) in [6.45, 7) is 7.86. The van der Waals surface area contributed by atoms with Gasteiger partial charge in [-0.15, -0.1) is 4.33 Å². The molecule has 0 spiro atoms. The van der Waals surface area contributed by atoms with E-state index in [4.69, 9.17) is 9.99 Å². The van der Waals surface area contributed by atoms with Gasteiger partial charge in [0, 0.05) is 49.1 Å². The van der Waals surface area contributed by atoms with Gasteiger partial charge in [-0.3, -0.25) is 9.48 Å². The molecule has 0 aliphatic heterocycles. The zero-order valence-corrected chi connectivity index (χ0v) is 27.4. The number of carbonyl (C=O) groups is 1. The molecule has 0 fully saturated rings. The molecule has 0 saturated carbocycles. The van der Waals surface area contributed by atoms with Crippen LogP contribution in [0.4, 0.5) is 5.82 Å². The first-order valence-corrected chi connectivity index (χ1v) is 15.9. The van der Waals surface area contributed by atoms with Crippen LogP contribution in [0.1, 0.15) is 61.5 Å². The van der Waals surface area contributed by atoms with Crippen molar-refractivity contribution in [3.8, 4) is 22.8 Å². The number of unbranched alkanes of at least 4 members (excludes halogenated alkanes) is 1. The van der Waals surface area contributed by atoms with Gasteiger partial charge in [-0.2, -0.15) is 5.10 Å². The number of nitrogens with one attached hydrogen (secondary N) is 3. The Balaban J connectivity index is 1.17. The average Bonchev–Trinajstić information content (AvgIpc) is 3.48. The molecular weight excluding hydrogens is 608 g/mol. The first-order chi connectivity index (χ1) is 22.2. The first kappa shape index (κ1) is 34.7. The lowest BCUT2D eigenvalue weighted by Gasteiger charge is -2.25. The number of hydrazine groups is 1. The smallest absolute Gasteiger partial charge is 0.252 e. The summed E-state index contributed by atoms with van der Waals surface area (Å²) in [5.41, 5.74) is 10.0. The van der Waals surface area contributed by atoms with E-state index >= 15 is 0 Å². The fourth-order valence-electron chi connectivity index (χ4n) is 4.88. The predicted molar refractivity (Wildman–Crippen MR) is 177 cm³/mol. The Labute approximate surface area is 273 Å². The third-order valence-corrected chi connectivity index (χ3v) is 8.24. The second-order valence-electron chi connectivity index (χ2n) is 11.6. The number of hydrogen-bond acceptors (Lipinski definition) is 11. The summed E-state index contributed by atoms with van der Waals surface area (Å²) in [6, 6.07) is 16.5. The number of aromatic hydroxyl groups is 1. The van der Waals surface area contributed by atoms with Crippen molar-refractivity contribution >= 4 is 23.8 Å². The van der Waals surface area contributed by atoms with Crippen LogP contribution in [0.3, 0.4) is 0 Å². The number of phenolic OH excluding ortho intramolecular Hbond substituents is 1. The monoisotopic (exact) mass is 650 g/mol. The fourth-order valence-corrected chi connectivity index (χ4v) is 5.37. The standard InChI is InChI=1S/C33H42N6O6S/c1-5-23-18-26(27-14-16-37-39(27)4)28(40)19-29(23)43-17-9-8-15-33(2,3)22-35-32(41)25-12-13-31(34-20-25)38-36-21-24-10-6-7-11-30(24)46-45-44-42/h6-7,10-14,16,18-20,36,40,42H,5,8-9,15,17,21-22H2,1-4H3,(H,34,38)(H,35,41). The lowest BCUT2D eigenvalue weighted by atomic mass is 9.87. The highest BCUT2D eigenvalue weighted by Gasteiger charge is 2.20. The largest absolute Gasteiger partial charge is 0.507 e. The van der Waals surface area contributed by atoms with E-state index in [1.54, 1.807) is 29.1 Å². The number of rotatable bonds is 18. The predicted octanol–water partition coefficient (Wildman–Crippen LogP) is 6.30. The zero-order valence-electron chi connectivity index (χ0n) is 26.6. The van der Waals surface area contributed by atoms with Crippen molar-refractivity contribution in [3.05, 3.63) is 83.7 Å². The van der Waals surface area contributed by atoms with Crippen molar-refractivity contribution in [2.75, 3.05) is 18.6 Å². The number of nitrogens with zero attached hydrogens (tertiary/aromatic N) is 3. The number of amides is 1. The van der Waals surface area contributed by atoms with Crippen molar-refractivity contribution in [1.29, 1.82) is 0 Å². The van der Waals surface area contributed by atoms with Gasteiger partial charge in [-0.1, -0.05) is 44.0 Å². The van der Waals surface area contributed by atoms with E-state index in [0.29, 0.717) is 36.8 Å². The van der Waals surface area contributed by atoms with Gasteiger partial charge in [-0.05, 0) is 72.6 Å². The highest BCUT2D eigenvalue weighted by molar-refractivity contribution is 7.94. The summed E-state index contributed by atoms with van der Waals surface area (Å²) in [5.74, 6) is 1.25. The van der Waals surface area contributed by atoms with E-state index in [2.05, 4.69) is 56.4 Å². The first-order valence-electron chi connectivity index (χ1n) is 15.1. The molecule has 4 rings (SSSR count). The Morgan fingerprint density at radius 1 is 1.09 bits per heavy atom. The van der Waals surface area contributed by atoms with Gasteiger partial charge in [0.05, 0.1) is 29.9 Å². The molecular formula is C33H42N6O6S. The second-order valence-corrected chi connectivity index (χ2v) is 12.3. The molecule has 12 nitrogen and oxygen atoms in total. The number of ether oxygens (including phenoxy) is 1. The molecule has 0 aliphatic carbocycles. The van der Waals surface area contributed by atoms with Gasteiger partial charge in [0.15, 0.2) is 0 Å². The second kappa shape index (κ2) is 17.0. The molecule has 0 atom stereocenters. The molecule has 0 unspecified atom stereocenters. The van der Waals surface area contributed by atoms with Crippen LogP contribution >= 0.6 is 12.0 Å². The van der Waals surface area contributed by atoms with Gasteiger partial charge in [-0.25, -0.2) is 15.7 Å². The third-order valence-electron chi connectivity index (χ3n) is 7.54. The maximum Gasteiger partial charge on any atom is 0.252 e. The van der Waals surface area contributed by atoms with Crippen LogP contribution in [0.5, 0.6) is 11.5 Å². The van der Waals surface area contributed by atoms with Gasteiger partial charge >= 0.3 is 0 Å². The van der Waals surface area contributed by atoms with Crippen LogP contribution in [-0.4, -0.2) is 44.2 Å². The summed E-state index contributed by atoms with van der Waals surface area (Å²) < 4.78 is 12.3. The minimum absolute atomic E-state index is 0.102. The number of phenols is 1. The summed E-state index contributed by atoms with van der Waals surface area (Å²) in [4.78, 5) is 17.9. The minimum atomic E-state index is -0.179. The number of benzene rings is 2. The molecule has 0 radical (unpaired) electrons. The van der Waals surface area contributed by atoms with Gasteiger partial charge in [0.25, 0.3) is 5.91 Å². The van der Waals surface area contributed by atoms with E-state index in [1.807, 2.05) is 43.4 Å². The molecule has 0 aliphatic rings. The summed E-state index contributed by atoms with van der Waals surface area (Å²) in [7, 11) is 1.85. The van der Waals surface area contributed by atoms with Gasteiger partial charge < -0.3 is 20.6 Å². The Kier molecular flexibility index (Phi) is 12.8. The molecule has 0 bridgehead atoms. The van der Waals surface area contributed by atoms with E-state index in [-0.39, 0.29) is 17.1 Å². The number of carbonyl (C=O) groups excluding carboxylic acids is 1. The quantitative estimate of drug-likeness (QED) is 0.0357. The van der Waals surface area contributed by atoms with Crippen molar-refractivity contribution in [3.63, 3.8) is 0 Å². The number of hydrogen-bond donors (Lipinski definition) is 5. The van der Waals surface area contributed by atoms with Crippen LogP contribution in [0.15, 0.2) is 71.9 Å². The number of pyridine rings is 1. The topological polar surface area (TPSA) is 152 Å². The molecule has 246 valence electrons. The Morgan fingerprint density at radius 2 is 1.91 bits per heavy atom. The molecule has 2 aromatic carbocycles. The Bertz CT molecular complexity index is 1560. The molecule has 0 saturated heterocycles. The van der Waals surface area contributed by atoms with Crippen molar-refractivity contribution < 1.29 is 29.3 Å².